The molecule has 1 aromatic carbocycles. The molecule has 0 saturated carbocycles. The summed E-state index contributed by atoms with van der Waals surface area (Å²) in [5, 5.41) is 0. The molecule has 1 aromatic rings. The van der Waals surface area contributed by atoms with Gasteiger partial charge in [0.2, 0.25) is 5.91 Å². The zero-order chi connectivity index (χ0) is 19.0. The summed E-state index contributed by atoms with van der Waals surface area (Å²) < 4.78 is 11.3. The molecule has 0 bridgehead atoms. The lowest BCUT2D eigenvalue weighted by molar-refractivity contribution is -0.134. The standard InChI is InChI=1S/C21H31N3O3.ClH/c1-21(2)14-23(9-7-19(21)22)13-20(25)24-8-3-4-16(24)15-5-6-17-18(12-15)27-11-10-26-17;/h5-6,12,16,19H,3-4,7-11,13-14,22H2,1-2H3;1H. The molecule has 0 spiro atoms. The Morgan fingerprint density at radius 1 is 1.18 bits per heavy atom. The molecule has 3 aliphatic rings. The highest BCUT2D eigenvalue weighted by atomic mass is 35.5. The molecule has 6 nitrogen and oxygen atoms in total. The Balaban J connectivity index is 0.00000225. The lowest BCUT2D eigenvalue weighted by Gasteiger charge is -2.42. The Bertz CT molecular complexity index is 712. The molecule has 3 heterocycles. The number of halogens is 1. The van der Waals surface area contributed by atoms with Gasteiger partial charge in [0.05, 0.1) is 12.6 Å². The van der Waals surface area contributed by atoms with Crippen LogP contribution in [0.5, 0.6) is 11.5 Å². The van der Waals surface area contributed by atoms with E-state index in [-0.39, 0.29) is 35.8 Å². The van der Waals surface area contributed by atoms with Gasteiger partial charge in [-0.1, -0.05) is 19.9 Å². The average molecular weight is 410 g/mol. The minimum Gasteiger partial charge on any atom is -0.486 e. The number of ether oxygens (including phenoxy) is 2. The molecule has 7 heteroatoms. The van der Waals surface area contributed by atoms with Crippen LogP contribution in [0.4, 0.5) is 0 Å². The summed E-state index contributed by atoms with van der Waals surface area (Å²) in [6, 6.07) is 6.44. The number of carbonyl (C=O) groups is 1. The summed E-state index contributed by atoms with van der Waals surface area (Å²) in [6.45, 7) is 8.66. The molecule has 2 saturated heterocycles. The van der Waals surface area contributed by atoms with E-state index in [4.69, 9.17) is 15.2 Å². The summed E-state index contributed by atoms with van der Waals surface area (Å²) in [6.07, 6.45) is 2.99. The summed E-state index contributed by atoms with van der Waals surface area (Å²) in [5.74, 6) is 1.82. The van der Waals surface area contributed by atoms with E-state index in [9.17, 15) is 4.79 Å². The molecule has 0 aromatic heterocycles. The van der Waals surface area contributed by atoms with E-state index in [1.807, 2.05) is 17.0 Å². The molecule has 0 radical (unpaired) electrons. The molecule has 2 unspecified atom stereocenters. The number of fused-ring (bicyclic) bond motifs is 1. The number of nitrogens with two attached hydrogens (primary N) is 1. The Kier molecular flexibility index (Phi) is 6.42. The van der Waals surface area contributed by atoms with Gasteiger partial charge in [0.15, 0.2) is 11.5 Å². The maximum Gasteiger partial charge on any atom is 0.237 e. The van der Waals surface area contributed by atoms with Crippen LogP contribution >= 0.6 is 12.4 Å². The van der Waals surface area contributed by atoms with Crippen LogP contribution in [0, 0.1) is 5.41 Å². The van der Waals surface area contributed by atoms with E-state index in [1.54, 1.807) is 0 Å². The zero-order valence-electron chi connectivity index (χ0n) is 16.9. The topological polar surface area (TPSA) is 68.0 Å². The van der Waals surface area contributed by atoms with Crippen LogP contribution in [-0.2, 0) is 4.79 Å². The van der Waals surface area contributed by atoms with Gasteiger partial charge >= 0.3 is 0 Å². The molecule has 1 amide bonds. The number of likely N-dealkylation sites (tertiary alicyclic amines) is 2. The van der Waals surface area contributed by atoms with E-state index in [1.165, 1.54) is 0 Å². The molecule has 2 atom stereocenters. The molecule has 2 fully saturated rings. The van der Waals surface area contributed by atoms with Crippen LogP contribution in [0.15, 0.2) is 18.2 Å². The number of piperidine rings is 1. The largest absolute Gasteiger partial charge is 0.486 e. The van der Waals surface area contributed by atoms with Crippen LogP contribution in [0.3, 0.4) is 0 Å². The maximum absolute atomic E-state index is 13.1. The van der Waals surface area contributed by atoms with Gasteiger partial charge in [0.25, 0.3) is 0 Å². The number of hydrogen-bond donors (Lipinski definition) is 1. The minimum absolute atomic E-state index is 0. The molecular weight excluding hydrogens is 378 g/mol. The average Bonchev–Trinajstić information content (AvgIpc) is 3.14. The van der Waals surface area contributed by atoms with Crippen LogP contribution in [0.25, 0.3) is 0 Å². The fourth-order valence-electron chi connectivity index (χ4n) is 4.58. The Morgan fingerprint density at radius 2 is 1.93 bits per heavy atom. The lowest BCUT2D eigenvalue weighted by atomic mass is 9.80. The first-order valence-corrected chi connectivity index (χ1v) is 10.1. The van der Waals surface area contributed by atoms with E-state index in [2.05, 4.69) is 24.8 Å². The van der Waals surface area contributed by atoms with Gasteiger partial charge in [-0.2, -0.15) is 0 Å². The fourth-order valence-corrected chi connectivity index (χ4v) is 4.58. The van der Waals surface area contributed by atoms with Gasteiger partial charge in [0.1, 0.15) is 13.2 Å². The van der Waals surface area contributed by atoms with Gasteiger partial charge in [-0.05, 0) is 42.4 Å². The lowest BCUT2D eigenvalue weighted by Crippen LogP contribution is -2.54. The molecule has 4 rings (SSSR count). The normalized spacial score (nSPS) is 26.6. The second-order valence-electron chi connectivity index (χ2n) is 8.74. The molecular formula is C21H32ClN3O3. The van der Waals surface area contributed by atoms with Crippen LogP contribution in [0.2, 0.25) is 0 Å². The Labute approximate surface area is 173 Å². The second kappa shape index (κ2) is 8.47. The van der Waals surface area contributed by atoms with Crippen molar-refractivity contribution in [3.05, 3.63) is 23.8 Å². The van der Waals surface area contributed by atoms with Crippen molar-refractivity contribution in [1.82, 2.24) is 9.80 Å². The molecule has 0 aliphatic carbocycles. The van der Waals surface area contributed by atoms with E-state index >= 15 is 0 Å². The number of carbonyl (C=O) groups excluding carboxylic acids is 1. The van der Waals surface area contributed by atoms with Crippen molar-refractivity contribution in [2.24, 2.45) is 11.1 Å². The number of rotatable bonds is 3. The first-order chi connectivity index (χ1) is 12.9. The highest BCUT2D eigenvalue weighted by Gasteiger charge is 2.36. The maximum atomic E-state index is 13.1. The first-order valence-electron chi connectivity index (χ1n) is 10.1. The highest BCUT2D eigenvalue weighted by molar-refractivity contribution is 5.85. The Morgan fingerprint density at radius 3 is 2.68 bits per heavy atom. The third-order valence-corrected chi connectivity index (χ3v) is 6.27. The van der Waals surface area contributed by atoms with Crippen molar-refractivity contribution in [2.75, 3.05) is 39.4 Å². The van der Waals surface area contributed by atoms with Gasteiger partial charge in [0, 0.05) is 25.7 Å². The van der Waals surface area contributed by atoms with Gasteiger partial charge < -0.3 is 20.1 Å². The molecule has 156 valence electrons. The third kappa shape index (κ3) is 4.24. The first kappa shape index (κ1) is 21.2. The van der Waals surface area contributed by atoms with Gasteiger partial charge in [-0.25, -0.2) is 0 Å². The fraction of sp³-hybridized carbons (Fsp3) is 0.667. The monoisotopic (exact) mass is 409 g/mol. The summed E-state index contributed by atoms with van der Waals surface area (Å²) in [4.78, 5) is 17.4. The van der Waals surface area contributed by atoms with Crippen LogP contribution < -0.4 is 15.2 Å². The van der Waals surface area contributed by atoms with Crippen molar-refractivity contribution in [1.29, 1.82) is 0 Å². The van der Waals surface area contributed by atoms with Crippen LogP contribution in [0.1, 0.15) is 44.7 Å². The second-order valence-corrected chi connectivity index (χ2v) is 8.74. The number of hydrogen-bond acceptors (Lipinski definition) is 5. The SMILES string of the molecule is CC1(C)CN(CC(=O)N2CCCC2c2ccc3c(c2)OCCO3)CCC1N.Cl. The van der Waals surface area contributed by atoms with E-state index in [0.717, 1.165) is 56.0 Å². The van der Waals surface area contributed by atoms with Crippen molar-refractivity contribution < 1.29 is 14.3 Å². The highest BCUT2D eigenvalue weighted by Crippen LogP contribution is 2.38. The number of nitrogens with zero attached hydrogens (tertiary/aromatic N) is 2. The van der Waals surface area contributed by atoms with E-state index < -0.39 is 0 Å². The van der Waals surface area contributed by atoms with Gasteiger partial charge in [-0.15, -0.1) is 12.4 Å². The molecule has 3 aliphatic heterocycles. The zero-order valence-corrected chi connectivity index (χ0v) is 17.7. The molecule has 28 heavy (non-hydrogen) atoms. The number of amides is 1. The van der Waals surface area contributed by atoms with Crippen molar-refractivity contribution in [3.63, 3.8) is 0 Å². The van der Waals surface area contributed by atoms with Crippen molar-refractivity contribution >= 4 is 18.3 Å². The summed E-state index contributed by atoms with van der Waals surface area (Å²) in [5.41, 5.74) is 7.44. The van der Waals surface area contributed by atoms with Crippen LogP contribution in [-0.4, -0.2) is 61.1 Å². The number of benzene rings is 1. The third-order valence-electron chi connectivity index (χ3n) is 6.27. The predicted molar refractivity (Wildman–Crippen MR) is 111 cm³/mol. The molecule has 2 N–H and O–H groups in total. The van der Waals surface area contributed by atoms with E-state index in [0.29, 0.717) is 19.8 Å². The van der Waals surface area contributed by atoms with Gasteiger partial charge in [-0.3, -0.25) is 9.69 Å². The van der Waals surface area contributed by atoms with Crippen molar-refractivity contribution in [2.45, 2.75) is 45.2 Å². The van der Waals surface area contributed by atoms with Crippen molar-refractivity contribution in [3.8, 4) is 11.5 Å². The summed E-state index contributed by atoms with van der Waals surface area (Å²) >= 11 is 0. The smallest absolute Gasteiger partial charge is 0.237 e. The predicted octanol–water partition coefficient (Wildman–Crippen LogP) is 2.60. The summed E-state index contributed by atoms with van der Waals surface area (Å²) in [7, 11) is 0. The Hall–Kier alpha value is -1.50. The minimum atomic E-state index is 0. The quantitative estimate of drug-likeness (QED) is 0.831.